The first-order chi connectivity index (χ1) is 14.6. The first-order valence-electron chi connectivity index (χ1n) is 10.6. The minimum absolute atomic E-state index is 0.0284. The number of sulfonamides is 1. The van der Waals surface area contributed by atoms with E-state index >= 15 is 0 Å². The van der Waals surface area contributed by atoms with E-state index in [0.29, 0.717) is 45.6 Å². The quantitative estimate of drug-likeness (QED) is 0.576. The van der Waals surface area contributed by atoms with E-state index in [1.54, 1.807) is 0 Å². The summed E-state index contributed by atoms with van der Waals surface area (Å²) in [6.45, 7) is 7.31. The Hall–Kier alpha value is -1.20. The van der Waals surface area contributed by atoms with Crippen LogP contribution in [0.3, 0.4) is 0 Å². The lowest BCUT2D eigenvalue weighted by atomic mass is 10.1. The summed E-state index contributed by atoms with van der Waals surface area (Å²) in [5.41, 5.74) is 0.0904. The third-order valence-electron chi connectivity index (χ3n) is 5.96. The van der Waals surface area contributed by atoms with Crippen molar-refractivity contribution in [2.24, 2.45) is 0 Å². The summed E-state index contributed by atoms with van der Waals surface area (Å²) >= 11 is 6.29. The molecule has 11 heteroatoms. The molecule has 0 spiro atoms. The number of hydrogen-bond donors (Lipinski definition) is 0. The van der Waals surface area contributed by atoms with Crippen LogP contribution in [-0.4, -0.2) is 93.7 Å². The topological polar surface area (TPSA) is 95.1 Å². The minimum atomic E-state index is -3.76. The molecule has 0 radical (unpaired) electrons. The van der Waals surface area contributed by atoms with Gasteiger partial charge < -0.3 is 9.80 Å². The van der Waals surface area contributed by atoms with Crippen molar-refractivity contribution in [3.8, 4) is 0 Å². The number of carbonyl (C=O) groups is 1. The van der Waals surface area contributed by atoms with Crippen LogP contribution >= 0.6 is 11.6 Å². The normalized spacial score (nSPS) is 22.5. The van der Waals surface area contributed by atoms with E-state index < -0.39 is 31.8 Å². The number of piperazine rings is 1. The van der Waals surface area contributed by atoms with E-state index in [9.17, 15) is 21.6 Å². The van der Waals surface area contributed by atoms with E-state index in [1.165, 1.54) is 27.4 Å². The Bertz CT molecular complexity index is 1020. The van der Waals surface area contributed by atoms with Crippen LogP contribution < -0.4 is 0 Å². The summed E-state index contributed by atoms with van der Waals surface area (Å²) in [5, 5.41) is 0.154. The van der Waals surface area contributed by atoms with E-state index in [-0.39, 0.29) is 27.0 Å². The van der Waals surface area contributed by atoms with Gasteiger partial charge >= 0.3 is 0 Å². The Kier molecular flexibility index (Phi) is 7.68. The Labute approximate surface area is 190 Å². The van der Waals surface area contributed by atoms with Crippen LogP contribution in [0.25, 0.3) is 0 Å². The minimum Gasteiger partial charge on any atom is -0.335 e. The van der Waals surface area contributed by atoms with Crippen molar-refractivity contribution in [1.82, 2.24) is 14.1 Å². The average Bonchev–Trinajstić information content (AvgIpc) is 3.11. The standard InChI is InChI=1S/C20H30ClN3O5S2/c1-3-8-24(16-7-13-30(26,27)15-16)20(25)18-14-17(5-6-19(18)21)31(28,29)23-11-9-22(4-2)10-12-23/h5-6,14,16H,3-4,7-13,15H2,1-2H3/t16-/m1/s1. The molecule has 2 heterocycles. The van der Waals surface area contributed by atoms with E-state index in [2.05, 4.69) is 4.90 Å². The molecule has 2 saturated heterocycles. The number of halogens is 1. The van der Waals surface area contributed by atoms with E-state index in [1.807, 2.05) is 13.8 Å². The Morgan fingerprint density at radius 3 is 2.42 bits per heavy atom. The molecule has 2 fully saturated rings. The van der Waals surface area contributed by atoms with Crippen molar-refractivity contribution < 1.29 is 21.6 Å². The molecule has 0 aromatic heterocycles. The van der Waals surface area contributed by atoms with Gasteiger partial charge in [0.15, 0.2) is 9.84 Å². The number of sulfone groups is 1. The molecule has 3 rings (SSSR count). The molecule has 2 aliphatic heterocycles. The zero-order valence-corrected chi connectivity index (χ0v) is 20.3. The number of rotatable bonds is 7. The van der Waals surface area contributed by atoms with Crippen LogP contribution in [0.1, 0.15) is 37.0 Å². The second-order valence-corrected chi connectivity index (χ2v) is 12.6. The molecule has 0 saturated carbocycles. The maximum Gasteiger partial charge on any atom is 0.255 e. The van der Waals surface area contributed by atoms with Gasteiger partial charge in [0.25, 0.3) is 5.91 Å². The molecule has 174 valence electrons. The van der Waals surface area contributed by atoms with Crippen LogP contribution in [0.5, 0.6) is 0 Å². The predicted octanol–water partition coefficient (Wildman–Crippen LogP) is 1.71. The lowest BCUT2D eigenvalue weighted by Crippen LogP contribution is -2.48. The third kappa shape index (κ3) is 5.42. The molecule has 2 aliphatic rings. The summed E-state index contributed by atoms with van der Waals surface area (Å²) in [6.07, 6.45) is 1.03. The molecule has 1 aromatic rings. The highest BCUT2D eigenvalue weighted by Crippen LogP contribution is 2.27. The molecule has 0 aliphatic carbocycles. The summed E-state index contributed by atoms with van der Waals surface area (Å²) in [7, 11) is -6.93. The highest BCUT2D eigenvalue weighted by Gasteiger charge is 2.36. The number of likely N-dealkylation sites (N-methyl/N-ethyl adjacent to an activating group) is 1. The molecule has 1 aromatic carbocycles. The van der Waals surface area contributed by atoms with Crippen molar-refractivity contribution >= 4 is 37.4 Å². The number of carbonyl (C=O) groups excluding carboxylic acids is 1. The summed E-state index contributed by atoms with van der Waals surface area (Å²) < 4.78 is 51.6. The SMILES string of the molecule is CCCN(C(=O)c1cc(S(=O)(=O)N2CCN(CC)CC2)ccc1Cl)[C@@H]1CCS(=O)(=O)C1. The van der Waals surface area contributed by atoms with Gasteiger partial charge in [-0.15, -0.1) is 0 Å². The van der Waals surface area contributed by atoms with Gasteiger partial charge in [-0.25, -0.2) is 16.8 Å². The lowest BCUT2D eigenvalue weighted by molar-refractivity contribution is 0.0697. The molecule has 1 amide bonds. The Balaban J connectivity index is 1.88. The Morgan fingerprint density at radius 1 is 1.19 bits per heavy atom. The molecular formula is C20H30ClN3O5S2. The lowest BCUT2D eigenvalue weighted by Gasteiger charge is -2.33. The number of nitrogens with zero attached hydrogens (tertiary/aromatic N) is 3. The van der Waals surface area contributed by atoms with E-state index in [0.717, 1.165) is 6.54 Å². The molecule has 0 unspecified atom stereocenters. The molecule has 0 bridgehead atoms. The monoisotopic (exact) mass is 491 g/mol. The van der Waals surface area contributed by atoms with Crippen molar-refractivity contribution in [2.45, 2.75) is 37.6 Å². The predicted molar refractivity (Wildman–Crippen MR) is 121 cm³/mol. The van der Waals surface area contributed by atoms with Gasteiger partial charge in [0.2, 0.25) is 10.0 Å². The maximum atomic E-state index is 13.3. The molecule has 1 atom stereocenters. The van der Waals surface area contributed by atoms with Crippen molar-refractivity contribution in [3.05, 3.63) is 28.8 Å². The highest BCUT2D eigenvalue weighted by molar-refractivity contribution is 7.91. The summed E-state index contributed by atoms with van der Waals surface area (Å²) in [5.74, 6) is -0.450. The second-order valence-electron chi connectivity index (χ2n) is 8.04. The average molecular weight is 492 g/mol. The van der Waals surface area contributed by atoms with Crippen molar-refractivity contribution in [2.75, 3.05) is 50.8 Å². The van der Waals surface area contributed by atoms with Crippen LogP contribution in [-0.2, 0) is 19.9 Å². The van der Waals surface area contributed by atoms with Crippen LogP contribution in [0.4, 0.5) is 0 Å². The zero-order chi connectivity index (χ0) is 22.8. The van der Waals surface area contributed by atoms with Crippen LogP contribution in [0, 0.1) is 0 Å². The van der Waals surface area contributed by atoms with Gasteiger partial charge in [0, 0.05) is 38.8 Å². The fourth-order valence-corrected chi connectivity index (χ4v) is 7.51. The number of amides is 1. The van der Waals surface area contributed by atoms with Gasteiger partial charge in [-0.3, -0.25) is 4.79 Å². The summed E-state index contributed by atoms with van der Waals surface area (Å²) in [4.78, 5) is 17.1. The first-order valence-corrected chi connectivity index (χ1v) is 14.3. The summed E-state index contributed by atoms with van der Waals surface area (Å²) in [6, 6.07) is 3.76. The number of hydrogen-bond acceptors (Lipinski definition) is 6. The van der Waals surface area contributed by atoms with Crippen molar-refractivity contribution in [3.63, 3.8) is 0 Å². The second kappa shape index (κ2) is 9.74. The zero-order valence-electron chi connectivity index (χ0n) is 18.0. The van der Waals surface area contributed by atoms with E-state index in [4.69, 9.17) is 11.6 Å². The van der Waals surface area contributed by atoms with Gasteiger partial charge in [-0.05, 0) is 37.6 Å². The van der Waals surface area contributed by atoms with Gasteiger partial charge in [-0.2, -0.15) is 4.31 Å². The fraction of sp³-hybridized carbons (Fsp3) is 0.650. The largest absolute Gasteiger partial charge is 0.335 e. The third-order valence-corrected chi connectivity index (χ3v) is 9.93. The van der Waals surface area contributed by atoms with Crippen molar-refractivity contribution in [1.29, 1.82) is 0 Å². The first kappa shape index (κ1) is 24.4. The molecular weight excluding hydrogens is 462 g/mol. The van der Waals surface area contributed by atoms with Crippen LogP contribution in [0.15, 0.2) is 23.1 Å². The highest BCUT2D eigenvalue weighted by atomic mass is 35.5. The molecule has 0 N–H and O–H groups in total. The van der Waals surface area contributed by atoms with Crippen LogP contribution in [0.2, 0.25) is 5.02 Å². The van der Waals surface area contributed by atoms with Gasteiger partial charge in [0.05, 0.1) is 27.0 Å². The van der Waals surface area contributed by atoms with Gasteiger partial charge in [0.1, 0.15) is 0 Å². The van der Waals surface area contributed by atoms with Gasteiger partial charge in [-0.1, -0.05) is 25.4 Å². The maximum absolute atomic E-state index is 13.3. The smallest absolute Gasteiger partial charge is 0.255 e. The molecule has 31 heavy (non-hydrogen) atoms. The molecule has 8 nitrogen and oxygen atoms in total. The Morgan fingerprint density at radius 2 is 1.87 bits per heavy atom. The number of benzene rings is 1. The fourth-order valence-electron chi connectivity index (χ4n) is 4.13.